The first kappa shape index (κ1) is 10.1. The molecule has 2 aromatic rings. The number of aromatic nitrogens is 1. The molecule has 1 aromatic carbocycles. The molecule has 1 heterocycles. The highest BCUT2D eigenvalue weighted by Gasteiger charge is 2.08. The van der Waals surface area contributed by atoms with Crippen LogP contribution in [0.25, 0.3) is 10.9 Å². The predicted octanol–water partition coefficient (Wildman–Crippen LogP) is 2.82. The molecule has 0 N–H and O–H groups in total. The lowest BCUT2D eigenvalue weighted by molar-refractivity contribution is 0.241. The molecule has 0 bridgehead atoms. The zero-order chi connectivity index (χ0) is 10.8. The molecule has 0 spiro atoms. The maximum Gasteiger partial charge on any atom is 0.302 e. The van der Waals surface area contributed by atoms with Crippen molar-refractivity contribution < 1.29 is 4.79 Å². The van der Waals surface area contributed by atoms with E-state index in [9.17, 15) is 4.79 Å². The summed E-state index contributed by atoms with van der Waals surface area (Å²) in [6.45, 7) is 0. The Morgan fingerprint density at radius 1 is 1.27 bits per heavy atom. The van der Waals surface area contributed by atoms with Crippen molar-refractivity contribution in [2.45, 2.75) is 0 Å². The molecule has 0 aliphatic carbocycles. The highest BCUT2D eigenvalue weighted by Crippen LogP contribution is 2.21. The smallest absolute Gasteiger partial charge is 0.302 e. The standard InChI is InChI=1S/C11H12N2OS/c1-12(2)11(14)15-13-8-7-9-5-3-4-6-10(9)13/h3-8H,1-2H3. The highest BCUT2D eigenvalue weighted by molar-refractivity contribution is 8.12. The third-order valence-corrected chi connectivity index (χ3v) is 3.14. The molecule has 2 rings (SSSR count). The fraction of sp³-hybridized carbons (Fsp3) is 0.182. The van der Waals surface area contributed by atoms with Crippen LogP contribution in [-0.4, -0.2) is 28.2 Å². The van der Waals surface area contributed by atoms with Crippen molar-refractivity contribution in [3.8, 4) is 0 Å². The first-order valence-corrected chi connectivity index (χ1v) is 5.41. The second-order valence-corrected chi connectivity index (χ2v) is 4.38. The summed E-state index contributed by atoms with van der Waals surface area (Å²) in [4.78, 5) is 13.1. The van der Waals surface area contributed by atoms with Gasteiger partial charge in [-0.15, -0.1) is 0 Å². The van der Waals surface area contributed by atoms with Gasteiger partial charge >= 0.3 is 5.24 Å². The minimum absolute atomic E-state index is 0.0244. The van der Waals surface area contributed by atoms with Gasteiger partial charge < -0.3 is 4.90 Å². The molecular weight excluding hydrogens is 208 g/mol. The Kier molecular flexibility index (Phi) is 2.68. The van der Waals surface area contributed by atoms with Gasteiger partial charge in [-0.3, -0.25) is 8.77 Å². The van der Waals surface area contributed by atoms with Crippen molar-refractivity contribution in [1.82, 2.24) is 8.87 Å². The van der Waals surface area contributed by atoms with Crippen molar-refractivity contribution in [3.05, 3.63) is 36.5 Å². The van der Waals surface area contributed by atoms with E-state index in [0.29, 0.717) is 0 Å². The molecule has 0 radical (unpaired) electrons. The summed E-state index contributed by atoms with van der Waals surface area (Å²) >= 11 is 1.19. The zero-order valence-corrected chi connectivity index (χ0v) is 9.49. The fourth-order valence-corrected chi connectivity index (χ4v) is 2.02. The number of amides is 1. The van der Waals surface area contributed by atoms with Crippen LogP contribution < -0.4 is 0 Å². The second-order valence-electron chi connectivity index (χ2n) is 3.45. The average molecular weight is 220 g/mol. The lowest BCUT2D eigenvalue weighted by Crippen LogP contribution is -2.17. The molecule has 0 saturated carbocycles. The second kappa shape index (κ2) is 3.98. The summed E-state index contributed by atoms with van der Waals surface area (Å²) in [5.41, 5.74) is 1.07. The Labute approximate surface area is 92.8 Å². The molecule has 0 aliphatic rings. The van der Waals surface area contributed by atoms with Gasteiger partial charge in [-0.25, -0.2) is 0 Å². The quantitative estimate of drug-likeness (QED) is 0.738. The molecule has 4 heteroatoms. The lowest BCUT2D eigenvalue weighted by Gasteiger charge is -2.09. The number of para-hydroxylation sites is 1. The average Bonchev–Trinajstić information content (AvgIpc) is 2.62. The molecular formula is C11H12N2OS. The van der Waals surface area contributed by atoms with Crippen molar-refractivity contribution in [2.24, 2.45) is 0 Å². The van der Waals surface area contributed by atoms with Crippen LogP contribution in [-0.2, 0) is 0 Å². The van der Waals surface area contributed by atoms with Crippen LogP contribution in [0.4, 0.5) is 4.79 Å². The molecule has 78 valence electrons. The highest BCUT2D eigenvalue weighted by atomic mass is 32.2. The molecule has 0 atom stereocenters. The van der Waals surface area contributed by atoms with Crippen LogP contribution in [0.5, 0.6) is 0 Å². The summed E-state index contributed by atoms with van der Waals surface area (Å²) in [6.07, 6.45) is 1.91. The van der Waals surface area contributed by atoms with E-state index in [1.165, 1.54) is 11.9 Å². The largest absolute Gasteiger partial charge is 0.338 e. The van der Waals surface area contributed by atoms with Crippen molar-refractivity contribution >= 4 is 28.1 Å². The minimum Gasteiger partial charge on any atom is -0.338 e. The Hall–Kier alpha value is -1.42. The van der Waals surface area contributed by atoms with Crippen molar-refractivity contribution in [1.29, 1.82) is 0 Å². The molecule has 3 nitrogen and oxygen atoms in total. The summed E-state index contributed by atoms with van der Waals surface area (Å²) in [5.74, 6) is 0. The van der Waals surface area contributed by atoms with Gasteiger partial charge in [0.15, 0.2) is 0 Å². The molecule has 1 aromatic heterocycles. The molecule has 0 aliphatic heterocycles. The number of hydrogen-bond acceptors (Lipinski definition) is 2. The van der Waals surface area contributed by atoms with E-state index < -0.39 is 0 Å². The molecule has 15 heavy (non-hydrogen) atoms. The Balaban J connectivity index is 2.33. The monoisotopic (exact) mass is 220 g/mol. The van der Waals surface area contributed by atoms with Gasteiger partial charge in [-0.1, -0.05) is 18.2 Å². The van der Waals surface area contributed by atoms with Crippen LogP contribution in [0.1, 0.15) is 0 Å². The van der Waals surface area contributed by atoms with Gasteiger partial charge in [0, 0.05) is 25.7 Å². The number of hydrogen-bond donors (Lipinski definition) is 0. The van der Waals surface area contributed by atoms with Gasteiger partial charge in [0.2, 0.25) is 0 Å². The predicted molar refractivity (Wildman–Crippen MR) is 64.0 cm³/mol. The van der Waals surface area contributed by atoms with Gasteiger partial charge in [0.05, 0.1) is 17.5 Å². The van der Waals surface area contributed by atoms with Gasteiger partial charge in [0.1, 0.15) is 0 Å². The summed E-state index contributed by atoms with van der Waals surface area (Å²) in [7, 11) is 3.50. The van der Waals surface area contributed by atoms with E-state index >= 15 is 0 Å². The third kappa shape index (κ3) is 1.99. The maximum atomic E-state index is 11.5. The molecule has 0 fully saturated rings. The van der Waals surface area contributed by atoms with Crippen LogP contribution in [0.2, 0.25) is 0 Å². The first-order chi connectivity index (χ1) is 7.18. The van der Waals surface area contributed by atoms with Crippen LogP contribution >= 0.6 is 11.9 Å². The maximum absolute atomic E-state index is 11.5. The normalized spacial score (nSPS) is 10.5. The zero-order valence-electron chi connectivity index (χ0n) is 8.68. The van der Waals surface area contributed by atoms with Crippen LogP contribution in [0.15, 0.2) is 36.5 Å². The first-order valence-electron chi connectivity index (χ1n) is 4.64. The minimum atomic E-state index is 0.0244. The van der Waals surface area contributed by atoms with E-state index in [0.717, 1.165) is 10.9 Å². The topological polar surface area (TPSA) is 25.2 Å². The van der Waals surface area contributed by atoms with E-state index in [1.54, 1.807) is 19.0 Å². The summed E-state index contributed by atoms with van der Waals surface area (Å²) in [6, 6.07) is 10.0. The molecule has 1 amide bonds. The number of nitrogens with zero attached hydrogens (tertiary/aromatic N) is 2. The summed E-state index contributed by atoms with van der Waals surface area (Å²) in [5, 5.41) is 1.17. The fourth-order valence-electron chi connectivity index (χ4n) is 1.30. The molecule has 0 unspecified atom stereocenters. The Morgan fingerprint density at radius 3 is 2.73 bits per heavy atom. The van der Waals surface area contributed by atoms with E-state index in [-0.39, 0.29) is 5.24 Å². The van der Waals surface area contributed by atoms with Crippen molar-refractivity contribution in [3.63, 3.8) is 0 Å². The number of fused-ring (bicyclic) bond motifs is 1. The van der Waals surface area contributed by atoms with E-state index in [4.69, 9.17) is 0 Å². The van der Waals surface area contributed by atoms with E-state index in [2.05, 4.69) is 0 Å². The van der Waals surface area contributed by atoms with Crippen LogP contribution in [0.3, 0.4) is 0 Å². The molecule has 0 saturated heterocycles. The Bertz CT molecular complexity index is 490. The van der Waals surface area contributed by atoms with Gasteiger partial charge in [-0.05, 0) is 12.1 Å². The lowest BCUT2D eigenvalue weighted by atomic mass is 10.3. The van der Waals surface area contributed by atoms with Crippen molar-refractivity contribution in [2.75, 3.05) is 14.1 Å². The number of carbonyl (C=O) groups is 1. The van der Waals surface area contributed by atoms with Crippen LogP contribution in [0, 0.1) is 0 Å². The Morgan fingerprint density at radius 2 is 2.00 bits per heavy atom. The third-order valence-electron chi connectivity index (χ3n) is 2.11. The number of benzene rings is 1. The van der Waals surface area contributed by atoms with Gasteiger partial charge in [0.25, 0.3) is 0 Å². The SMILES string of the molecule is CN(C)C(=O)Sn1ccc2ccccc21. The number of rotatable bonds is 1. The summed E-state index contributed by atoms with van der Waals surface area (Å²) < 4.78 is 1.89. The number of carbonyl (C=O) groups excluding carboxylic acids is 1. The van der Waals surface area contributed by atoms with Gasteiger partial charge in [-0.2, -0.15) is 0 Å². The van der Waals surface area contributed by atoms with E-state index in [1.807, 2.05) is 40.5 Å².